The van der Waals surface area contributed by atoms with Crippen LogP contribution >= 0.6 is 0 Å². The summed E-state index contributed by atoms with van der Waals surface area (Å²) in [5.74, 6) is 0.464. The van der Waals surface area contributed by atoms with Crippen LogP contribution in [0.3, 0.4) is 0 Å². The minimum Gasteiger partial charge on any atom is -0.493 e. The number of benzene rings is 2. The third-order valence-electron chi connectivity index (χ3n) is 6.08. The van der Waals surface area contributed by atoms with E-state index in [1.165, 1.54) is 19.4 Å². The average Bonchev–Trinajstić information content (AvgIpc) is 3.29. The number of rotatable bonds is 7. The third kappa shape index (κ3) is 4.44. The van der Waals surface area contributed by atoms with Gasteiger partial charge in [0.05, 0.1) is 19.4 Å². The van der Waals surface area contributed by atoms with Crippen LogP contribution in [0.5, 0.6) is 11.5 Å². The highest BCUT2D eigenvalue weighted by molar-refractivity contribution is 5.95. The molecular formula is C25H25FN8O3. The highest BCUT2D eigenvalue weighted by Gasteiger charge is 2.30. The second kappa shape index (κ2) is 9.64. The summed E-state index contributed by atoms with van der Waals surface area (Å²) in [7, 11) is 1.48. The normalized spacial score (nSPS) is 13.4. The first kappa shape index (κ1) is 23.9. The molecule has 0 saturated carbocycles. The number of hydrogen-bond acceptors (Lipinski definition) is 8. The Kier molecular flexibility index (Phi) is 6.22. The van der Waals surface area contributed by atoms with Gasteiger partial charge in [-0.15, -0.1) is 5.10 Å². The van der Waals surface area contributed by atoms with E-state index >= 15 is 4.39 Å². The van der Waals surface area contributed by atoms with Crippen molar-refractivity contribution in [3.8, 4) is 17.3 Å². The van der Waals surface area contributed by atoms with Crippen molar-refractivity contribution in [2.24, 2.45) is 5.73 Å². The number of halogens is 1. The van der Waals surface area contributed by atoms with Crippen molar-refractivity contribution in [3.63, 3.8) is 0 Å². The van der Waals surface area contributed by atoms with Crippen molar-refractivity contribution in [2.75, 3.05) is 24.8 Å². The fourth-order valence-electron chi connectivity index (χ4n) is 4.27. The molecule has 2 aromatic carbocycles. The predicted octanol–water partition coefficient (Wildman–Crippen LogP) is 2.50. The van der Waals surface area contributed by atoms with Gasteiger partial charge in [-0.1, -0.05) is 0 Å². The molecule has 0 aliphatic carbocycles. The van der Waals surface area contributed by atoms with Crippen molar-refractivity contribution < 1.29 is 13.9 Å². The number of methoxy groups -OCH3 is 1. The first-order valence-electron chi connectivity index (χ1n) is 11.5. The Morgan fingerprint density at radius 1 is 1.32 bits per heavy atom. The Morgan fingerprint density at radius 3 is 2.81 bits per heavy atom. The SMILES string of the molecule is COc1cc(C(Nc2ccc(C(=N)N)cc2)c2nn(-c3ncccc3N)c(=O)[nH]2)c(F)c2c1OCCC2. The predicted molar refractivity (Wildman–Crippen MR) is 136 cm³/mol. The molecule has 190 valence electrons. The van der Waals surface area contributed by atoms with Crippen LogP contribution in [0, 0.1) is 11.2 Å². The van der Waals surface area contributed by atoms with E-state index in [-0.39, 0.29) is 28.7 Å². The van der Waals surface area contributed by atoms with Crippen molar-refractivity contribution >= 4 is 17.2 Å². The minimum atomic E-state index is -0.941. The lowest BCUT2D eigenvalue weighted by atomic mass is 9.96. The lowest BCUT2D eigenvalue weighted by molar-refractivity contribution is 0.264. The summed E-state index contributed by atoms with van der Waals surface area (Å²) in [6.45, 7) is 0.468. The number of pyridine rings is 1. The maximum atomic E-state index is 16.0. The number of nitrogens with two attached hydrogens (primary N) is 2. The number of nitrogen functional groups attached to an aromatic ring is 2. The smallest absolute Gasteiger partial charge is 0.349 e. The molecule has 0 amide bonds. The zero-order valence-corrected chi connectivity index (χ0v) is 19.9. The Hall–Kier alpha value is -4.87. The second-order valence-electron chi connectivity index (χ2n) is 8.45. The van der Waals surface area contributed by atoms with Crippen molar-refractivity contribution in [2.45, 2.75) is 18.9 Å². The summed E-state index contributed by atoms with van der Waals surface area (Å²) in [5, 5.41) is 15.3. The Labute approximate surface area is 210 Å². The maximum Gasteiger partial charge on any atom is 0.349 e. The van der Waals surface area contributed by atoms with Gasteiger partial charge in [0.15, 0.2) is 23.1 Å². The molecule has 1 aliphatic heterocycles. The van der Waals surface area contributed by atoms with E-state index in [0.29, 0.717) is 47.8 Å². The van der Waals surface area contributed by atoms with Crippen molar-refractivity contribution in [1.29, 1.82) is 5.41 Å². The molecule has 4 aromatic rings. The van der Waals surface area contributed by atoms with Crippen LogP contribution in [-0.2, 0) is 6.42 Å². The highest BCUT2D eigenvalue weighted by Crippen LogP contribution is 2.41. The quantitative estimate of drug-likeness (QED) is 0.189. The molecule has 2 aromatic heterocycles. The van der Waals surface area contributed by atoms with E-state index in [9.17, 15) is 4.79 Å². The number of aromatic amines is 1. The van der Waals surface area contributed by atoms with Crippen LogP contribution in [0.25, 0.3) is 5.82 Å². The Morgan fingerprint density at radius 2 is 2.11 bits per heavy atom. The Bertz CT molecular complexity index is 1530. The molecule has 0 fully saturated rings. The van der Waals surface area contributed by atoms with Crippen LogP contribution in [0.4, 0.5) is 15.8 Å². The topological polar surface area (TPSA) is 170 Å². The van der Waals surface area contributed by atoms with Crippen LogP contribution in [0.15, 0.2) is 53.5 Å². The van der Waals surface area contributed by atoms with Gasteiger partial charge >= 0.3 is 5.69 Å². The summed E-state index contributed by atoms with van der Waals surface area (Å²) < 4.78 is 28.2. The summed E-state index contributed by atoms with van der Waals surface area (Å²) in [6.07, 6.45) is 2.62. The van der Waals surface area contributed by atoms with E-state index in [1.807, 2.05) is 0 Å². The van der Waals surface area contributed by atoms with Gasteiger partial charge in [0.25, 0.3) is 0 Å². The van der Waals surface area contributed by atoms with E-state index < -0.39 is 17.5 Å². The summed E-state index contributed by atoms with van der Waals surface area (Å²) in [5.41, 5.74) is 13.0. The average molecular weight is 505 g/mol. The van der Waals surface area contributed by atoms with Gasteiger partial charge in [0, 0.05) is 28.6 Å². The maximum absolute atomic E-state index is 16.0. The molecule has 0 spiro atoms. The number of amidine groups is 1. The second-order valence-corrected chi connectivity index (χ2v) is 8.45. The summed E-state index contributed by atoms with van der Waals surface area (Å²) >= 11 is 0. The first-order valence-corrected chi connectivity index (χ1v) is 11.5. The zero-order valence-electron chi connectivity index (χ0n) is 19.9. The molecule has 3 heterocycles. The minimum absolute atomic E-state index is 0.0791. The number of H-pyrrole nitrogens is 1. The molecule has 12 heteroatoms. The number of nitrogens with zero attached hydrogens (tertiary/aromatic N) is 3. The molecule has 1 aliphatic rings. The van der Waals surface area contributed by atoms with Crippen molar-refractivity contribution in [1.82, 2.24) is 19.7 Å². The highest BCUT2D eigenvalue weighted by atomic mass is 19.1. The largest absolute Gasteiger partial charge is 0.493 e. The monoisotopic (exact) mass is 504 g/mol. The van der Waals surface area contributed by atoms with Gasteiger partial charge in [0.1, 0.15) is 17.7 Å². The lowest BCUT2D eigenvalue weighted by Crippen LogP contribution is -2.20. The number of anilines is 2. The van der Waals surface area contributed by atoms with Gasteiger partial charge in [-0.05, 0) is 55.3 Å². The van der Waals surface area contributed by atoms with E-state index in [1.54, 1.807) is 36.4 Å². The molecule has 1 atom stereocenters. The number of fused-ring (bicyclic) bond motifs is 1. The molecule has 11 nitrogen and oxygen atoms in total. The van der Waals surface area contributed by atoms with Crippen LogP contribution in [0.2, 0.25) is 0 Å². The van der Waals surface area contributed by atoms with Gasteiger partial charge in [-0.2, -0.15) is 4.68 Å². The summed E-state index contributed by atoms with van der Waals surface area (Å²) in [4.78, 5) is 19.8. The Balaban J connectivity index is 1.66. The van der Waals surface area contributed by atoms with E-state index in [0.717, 1.165) is 4.68 Å². The number of aromatic nitrogens is 4. The van der Waals surface area contributed by atoms with E-state index in [4.69, 9.17) is 26.4 Å². The summed E-state index contributed by atoms with van der Waals surface area (Å²) in [6, 6.07) is 10.6. The van der Waals surface area contributed by atoms with Crippen molar-refractivity contribution in [3.05, 3.63) is 87.5 Å². The van der Waals surface area contributed by atoms with Gasteiger partial charge in [-0.3, -0.25) is 10.4 Å². The zero-order chi connectivity index (χ0) is 26.1. The molecule has 37 heavy (non-hydrogen) atoms. The van der Waals surface area contributed by atoms with Gasteiger partial charge in [-0.25, -0.2) is 14.2 Å². The fourth-order valence-corrected chi connectivity index (χ4v) is 4.27. The molecule has 1 unspecified atom stereocenters. The number of hydrogen-bond donors (Lipinski definition) is 5. The molecule has 0 radical (unpaired) electrons. The first-order chi connectivity index (χ1) is 17.9. The van der Waals surface area contributed by atoms with Gasteiger partial charge in [0.2, 0.25) is 0 Å². The molecule has 0 saturated heterocycles. The molecule has 0 bridgehead atoms. The molecule has 5 rings (SSSR count). The van der Waals surface area contributed by atoms with Crippen LogP contribution < -0.4 is 31.9 Å². The van der Waals surface area contributed by atoms with Crippen LogP contribution in [-0.4, -0.2) is 39.3 Å². The fraction of sp³-hybridized carbons (Fsp3) is 0.200. The van der Waals surface area contributed by atoms with Crippen LogP contribution in [0.1, 0.15) is 35.0 Å². The number of ether oxygens (including phenoxy) is 2. The van der Waals surface area contributed by atoms with E-state index in [2.05, 4.69) is 20.4 Å². The van der Waals surface area contributed by atoms with Gasteiger partial charge < -0.3 is 26.3 Å². The third-order valence-corrected chi connectivity index (χ3v) is 6.08. The number of nitrogens with one attached hydrogen (secondary N) is 3. The molecule has 7 N–H and O–H groups in total. The molecular weight excluding hydrogens is 479 g/mol. The lowest BCUT2D eigenvalue weighted by Gasteiger charge is -2.25. The standard InChI is InChI=1S/C25H25FN8O3/c1-36-18-12-16(19(26)15-4-3-11-37-21(15)18)20(31-14-8-6-13(7-9-14)22(28)29)23-32-25(35)34(33-23)24-17(27)5-2-10-30-24/h2,5-10,12,20,31H,3-4,11,27H2,1H3,(H3,28,29)(H,32,33,35).